The molecule has 0 aromatic rings. The zero-order valence-electron chi connectivity index (χ0n) is 10.6. The first-order valence-electron chi connectivity index (χ1n) is 5.41. The minimum absolute atomic E-state index is 0.0256. The average molecular weight is 195 g/mol. The summed E-state index contributed by atoms with van der Waals surface area (Å²) in [6.45, 7) is 17.0. The van der Waals surface area contributed by atoms with Crippen LogP contribution in [0.15, 0.2) is 17.6 Å². The molecule has 0 aromatic heterocycles. The Morgan fingerprint density at radius 3 is 2.14 bits per heavy atom. The maximum Gasteiger partial charge on any atom is 0.0560 e. The fourth-order valence-electron chi connectivity index (χ4n) is 1.86. The molecule has 0 saturated carbocycles. The van der Waals surface area contributed by atoms with Gasteiger partial charge in [-0.25, -0.2) is 0 Å². The molecule has 1 heteroatoms. The van der Waals surface area contributed by atoms with Crippen molar-refractivity contribution in [2.45, 2.75) is 59.9 Å². The summed E-state index contributed by atoms with van der Waals surface area (Å²) in [5.74, 6) is 0. The van der Waals surface area contributed by atoms with Crippen LogP contribution in [0, 0.1) is 5.41 Å². The molecule has 0 atom stereocenters. The molecule has 0 rings (SSSR count). The van der Waals surface area contributed by atoms with E-state index in [0.717, 1.165) is 12.1 Å². The smallest absolute Gasteiger partial charge is 0.0560 e. The quantitative estimate of drug-likeness (QED) is 0.582. The third-order valence-electron chi connectivity index (χ3n) is 2.64. The average Bonchev–Trinajstić information content (AvgIpc) is 2.01. The second-order valence-corrected chi connectivity index (χ2v) is 5.46. The second-order valence-electron chi connectivity index (χ2n) is 5.46. The molecule has 0 N–H and O–H groups in total. The first kappa shape index (κ1) is 13.4. The van der Waals surface area contributed by atoms with Crippen LogP contribution < -0.4 is 0 Å². The molecule has 0 aromatic carbocycles. The van der Waals surface area contributed by atoms with Gasteiger partial charge in [0.1, 0.15) is 0 Å². The van der Waals surface area contributed by atoms with Crippen LogP contribution in [0.2, 0.25) is 0 Å². The normalized spacial score (nSPS) is 14.3. The Morgan fingerprint density at radius 2 is 1.79 bits per heavy atom. The van der Waals surface area contributed by atoms with Gasteiger partial charge in [0.05, 0.1) is 5.54 Å². The zero-order chi connectivity index (χ0) is 11.4. The van der Waals surface area contributed by atoms with Crippen molar-refractivity contribution in [3.63, 3.8) is 0 Å². The molecule has 0 heterocycles. The van der Waals surface area contributed by atoms with Gasteiger partial charge in [-0.15, -0.1) is 0 Å². The van der Waals surface area contributed by atoms with Crippen LogP contribution in [0.1, 0.15) is 54.4 Å². The highest BCUT2D eigenvalue weighted by molar-refractivity contribution is 5.92. The molecule has 0 aliphatic carbocycles. The van der Waals surface area contributed by atoms with Crippen LogP contribution in [0.3, 0.4) is 0 Å². The summed E-state index contributed by atoms with van der Waals surface area (Å²) in [7, 11) is 0. The number of allylic oxidation sites excluding steroid dienone is 1. The number of hydrogen-bond acceptors (Lipinski definition) is 1. The highest BCUT2D eigenvalue weighted by atomic mass is 14.8. The molecule has 0 spiro atoms. The molecular formula is C13H25N. The third kappa shape index (κ3) is 5.21. The van der Waals surface area contributed by atoms with Gasteiger partial charge >= 0.3 is 0 Å². The van der Waals surface area contributed by atoms with Crippen LogP contribution in [0.4, 0.5) is 0 Å². The van der Waals surface area contributed by atoms with E-state index in [1.807, 2.05) is 13.0 Å². The molecule has 82 valence electrons. The highest BCUT2D eigenvalue weighted by Gasteiger charge is 2.26. The second kappa shape index (κ2) is 4.77. The summed E-state index contributed by atoms with van der Waals surface area (Å²) in [4.78, 5) is 4.66. The number of hydrogen-bond donors (Lipinski definition) is 0. The molecule has 0 aliphatic heterocycles. The predicted molar refractivity (Wildman–Crippen MR) is 66.1 cm³/mol. The number of rotatable bonds is 5. The third-order valence-corrected chi connectivity index (χ3v) is 2.64. The van der Waals surface area contributed by atoms with E-state index >= 15 is 0 Å². The Kier molecular flexibility index (Phi) is 4.57. The fraction of sp³-hybridized carbons (Fsp3) is 0.769. The first-order chi connectivity index (χ1) is 6.22. The summed E-state index contributed by atoms with van der Waals surface area (Å²) in [6.07, 6.45) is 4.13. The maximum atomic E-state index is 4.66. The lowest BCUT2D eigenvalue weighted by molar-refractivity contribution is 0.252. The van der Waals surface area contributed by atoms with Gasteiger partial charge in [0.25, 0.3) is 0 Å². The Hall–Kier alpha value is -0.590. The van der Waals surface area contributed by atoms with Crippen molar-refractivity contribution in [3.05, 3.63) is 12.7 Å². The molecule has 0 saturated heterocycles. The van der Waals surface area contributed by atoms with E-state index < -0.39 is 0 Å². The van der Waals surface area contributed by atoms with Gasteiger partial charge in [0.15, 0.2) is 0 Å². The van der Waals surface area contributed by atoms with Crippen LogP contribution in [-0.2, 0) is 0 Å². The van der Waals surface area contributed by atoms with Crippen molar-refractivity contribution in [3.8, 4) is 0 Å². The SMILES string of the molecule is C=CC(C)=NC(C)(C)CC(C)(C)CC. The molecule has 0 aliphatic rings. The van der Waals surface area contributed by atoms with Crippen molar-refractivity contribution in [2.24, 2.45) is 10.4 Å². The topological polar surface area (TPSA) is 12.4 Å². The minimum atomic E-state index is 0.0256. The van der Waals surface area contributed by atoms with E-state index in [9.17, 15) is 0 Å². The summed E-state index contributed by atoms with van der Waals surface area (Å²) in [5, 5.41) is 0. The maximum absolute atomic E-state index is 4.66. The van der Waals surface area contributed by atoms with E-state index in [2.05, 4.69) is 46.2 Å². The molecular weight excluding hydrogens is 170 g/mol. The molecule has 0 bridgehead atoms. The monoisotopic (exact) mass is 195 g/mol. The van der Waals surface area contributed by atoms with E-state index in [1.54, 1.807) is 0 Å². The summed E-state index contributed by atoms with van der Waals surface area (Å²) in [5.41, 5.74) is 1.42. The van der Waals surface area contributed by atoms with Gasteiger partial charge in [-0.1, -0.05) is 33.8 Å². The van der Waals surface area contributed by atoms with Crippen molar-refractivity contribution in [1.29, 1.82) is 0 Å². The van der Waals surface area contributed by atoms with Gasteiger partial charge in [-0.3, -0.25) is 4.99 Å². The molecule has 0 radical (unpaired) electrons. The van der Waals surface area contributed by atoms with Gasteiger partial charge in [-0.05, 0) is 38.7 Å². The van der Waals surface area contributed by atoms with Crippen molar-refractivity contribution in [2.75, 3.05) is 0 Å². The minimum Gasteiger partial charge on any atom is -0.284 e. The van der Waals surface area contributed by atoms with Gasteiger partial charge < -0.3 is 0 Å². The van der Waals surface area contributed by atoms with Crippen molar-refractivity contribution >= 4 is 5.71 Å². The first-order valence-corrected chi connectivity index (χ1v) is 5.41. The van der Waals surface area contributed by atoms with Crippen molar-refractivity contribution < 1.29 is 0 Å². The van der Waals surface area contributed by atoms with Crippen LogP contribution >= 0.6 is 0 Å². The Bertz CT molecular complexity index is 221. The van der Waals surface area contributed by atoms with Crippen LogP contribution in [0.5, 0.6) is 0 Å². The van der Waals surface area contributed by atoms with Crippen LogP contribution in [0.25, 0.3) is 0 Å². The largest absolute Gasteiger partial charge is 0.284 e. The Morgan fingerprint density at radius 1 is 1.29 bits per heavy atom. The highest BCUT2D eigenvalue weighted by Crippen LogP contribution is 2.32. The standard InChI is InChI=1S/C13H25N/c1-8-11(3)14-13(6,7)10-12(4,5)9-2/h8H,1,9-10H2,2-7H3. The molecule has 1 nitrogen and oxygen atoms in total. The lowest BCUT2D eigenvalue weighted by Gasteiger charge is -2.31. The van der Waals surface area contributed by atoms with Gasteiger partial charge in [0, 0.05) is 5.71 Å². The summed E-state index contributed by atoms with van der Waals surface area (Å²) < 4.78 is 0. The van der Waals surface area contributed by atoms with E-state index in [0.29, 0.717) is 5.41 Å². The number of nitrogens with zero attached hydrogens (tertiary/aromatic N) is 1. The van der Waals surface area contributed by atoms with Crippen molar-refractivity contribution in [1.82, 2.24) is 0 Å². The van der Waals surface area contributed by atoms with Gasteiger partial charge in [-0.2, -0.15) is 0 Å². The molecule has 14 heavy (non-hydrogen) atoms. The lowest BCUT2D eigenvalue weighted by Crippen LogP contribution is -2.27. The Labute approximate surface area is 89.3 Å². The van der Waals surface area contributed by atoms with Gasteiger partial charge in [0.2, 0.25) is 0 Å². The Balaban J connectivity index is 4.57. The number of aliphatic imine (C=N–C) groups is 1. The summed E-state index contributed by atoms with van der Waals surface area (Å²) in [6, 6.07) is 0. The lowest BCUT2D eigenvalue weighted by atomic mass is 9.78. The molecule has 0 amide bonds. The van der Waals surface area contributed by atoms with E-state index in [4.69, 9.17) is 0 Å². The summed E-state index contributed by atoms with van der Waals surface area (Å²) >= 11 is 0. The zero-order valence-corrected chi connectivity index (χ0v) is 10.6. The van der Waals surface area contributed by atoms with E-state index in [-0.39, 0.29) is 5.54 Å². The molecule has 0 unspecified atom stereocenters. The fourth-order valence-corrected chi connectivity index (χ4v) is 1.86. The predicted octanol–water partition coefficient (Wildman–Crippen LogP) is 4.24. The van der Waals surface area contributed by atoms with E-state index in [1.165, 1.54) is 6.42 Å². The van der Waals surface area contributed by atoms with Crippen LogP contribution in [-0.4, -0.2) is 11.3 Å². The molecule has 0 fully saturated rings.